The van der Waals surface area contributed by atoms with Gasteiger partial charge in [0.2, 0.25) is 10.0 Å². The number of aliphatic hydroxyl groups is 1. The second kappa shape index (κ2) is 8.11. The highest BCUT2D eigenvalue weighted by molar-refractivity contribution is 7.89. The quantitative estimate of drug-likeness (QED) is 0.634. The number of hydrogen-bond acceptors (Lipinski definition) is 5. The number of hydrogen-bond donors (Lipinski definition) is 3. The summed E-state index contributed by atoms with van der Waals surface area (Å²) in [6.07, 6.45) is -0.683. The minimum Gasteiger partial charge on any atom is -0.481 e. The van der Waals surface area contributed by atoms with Crippen molar-refractivity contribution in [2.75, 3.05) is 13.2 Å². The zero-order valence-corrected chi connectivity index (χ0v) is 13.7. The van der Waals surface area contributed by atoms with Gasteiger partial charge in [-0.05, 0) is 45.0 Å². The zero-order chi connectivity index (χ0) is 16.8. The van der Waals surface area contributed by atoms with Crippen LogP contribution in [0.1, 0.15) is 20.8 Å². The summed E-state index contributed by atoms with van der Waals surface area (Å²) in [4.78, 5) is 11.8. The summed E-state index contributed by atoms with van der Waals surface area (Å²) in [7, 11) is -3.64. The van der Waals surface area contributed by atoms with Crippen molar-refractivity contribution in [3.05, 3.63) is 24.3 Å². The molecule has 0 aliphatic heterocycles. The molecule has 1 aromatic carbocycles. The summed E-state index contributed by atoms with van der Waals surface area (Å²) in [5.74, 6) is 0.156. The number of sulfonamides is 1. The first-order valence-corrected chi connectivity index (χ1v) is 8.42. The van der Waals surface area contributed by atoms with Crippen LogP contribution >= 0.6 is 0 Å². The molecule has 0 aromatic heterocycles. The Hall–Kier alpha value is -1.64. The Kier molecular flexibility index (Phi) is 6.79. The first-order valence-electron chi connectivity index (χ1n) is 6.94. The van der Waals surface area contributed by atoms with Crippen molar-refractivity contribution in [2.45, 2.75) is 37.8 Å². The van der Waals surface area contributed by atoms with E-state index in [9.17, 15) is 13.2 Å². The molecule has 1 aromatic rings. The summed E-state index contributed by atoms with van der Waals surface area (Å²) in [5, 5.41) is 11.4. The first-order chi connectivity index (χ1) is 10.3. The molecule has 3 N–H and O–H groups in total. The molecule has 0 radical (unpaired) electrons. The first kappa shape index (κ1) is 18.4. The number of ether oxygens (including phenoxy) is 1. The normalized spacial score (nSPS) is 13.0. The summed E-state index contributed by atoms with van der Waals surface area (Å²) >= 11 is 0. The van der Waals surface area contributed by atoms with Crippen LogP contribution < -0.4 is 14.8 Å². The molecular weight excluding hydrogens is 308 g/mol. The largest absolute Gasteiger partial charge is 0.481 e. The zero-order valence-electron chi connectivity index (χ0n) is 12.9. The maximum Gasteiger partial charge on any atom is 0.260 e. The van der Waals surface area contributed by atoms with E-state index in [2.05, 4.69) is 10.0 Å². The molecule has 0 spiro atoms. The van der Waals surface area contributed by atoms with Crippen LogP contribution in [-0.2, 0) is 14.8 Å². The second-order valence-electron chi connectivity index (χ2n) is 5.02. The number of aliphatic hydroxyl groups excluding tert-OH is 1. The van der Waals surface area contributed by atoms with E-state index in [4.69, 9.17) is 9.84 Å². The number of nitrogens with one attached hydrogen (secondary N) is 2. The maximum absolute atomic E-state index is 11.8. The SMILES string of the molecule is CC(C)NC(=O)[C@H](C)Oc1ccc(S(=O)(=O)NCCO)cc1. The minimum absolute atomic E-state index is 0.0173. The van der Waals surface area contributed by atoms with Gasteiger partial charge in [-0.2, -0.15) is 0 Å². The molecule has 0 bridgehead atoms. The molecule has 1 amide bonds. The average molecular weight is 330 g/mol. The molecule has 0 saturated heterocycles. The van der Waals surface area contributed by atoms with Crippen molar-refractivity contribution < 1.29 is 23.1 Å². The molecular formula is C14H22N2O5S. The molecule has 0 saturated carbocycles. The van der Waals surface area contributed by atoms with E-state index >= 15 is 0 Å². The summed E-state index contributed by atoms with van der Waals surface area (Å²) in [5.41, 5.74) is 0. The Labute approximate surface area is 130 Å². The number of benzene rings is 1. The van der Waals surface area contributed by atoms with Crippen LogP contribution in [-0.4, -0.2) is 44.7 Å². The average Bonchev–Trinajstić information content (AvgIpc) is 2.45. The summed E-state index contributed by atoms with van der Waals surface area (Å²) in [6.45, 7) is 4.99. The van der Waals surface area contributed by atoms with Crippen LogP contribution in [0.15, 0.2) is 29.2 Å². The summed E-state index contributed by atoms with van der Waals surface area (Å²) in [6, 6.07) is 5.73. The van der Waals surface area contributed by atoms with Gasteiger partial charge in [-0.15, -0.1) is 0 Å². The lowest BCUT2D eigenvalue weighted by molar-refractivity contribution is -0.127. The van der Waals surface area contributed by atoms with Crippen molar-refractivity contribution in [1.29, 1.82) is 0 Å². The number of rotatable bonds is 8. The van der Waals surface area contributed by atoms with Gasteiger partial charge in [0, 0.05) is 12.6 Å². The summed E-state index contributed by atoms with van der Waals surface area (Å²) < 4.78 is 31.4. The Morgan fingerprint density at radius 3 is 2.32 bits per heavy atom. The molecule has 0 heterocycles. The van der Waals surface area contributed by atoms with E-state index in [0.717, 1.165) is 0 Å². The van der Waals surface area contributed by atoms with E-state index in [1.165, 1.54) is 24.3 Å². The Bertz CT molecular complexity index is 584. The molecule has 8 heteroatoms. The molecule has 124 valence electrons. The standard InChI is InChI=1S/C14H22N2O5S/c1-10(2)16-14(18)11(3)21-12-4-6-13(7-5-12)22(19,20)15-8-9-17/h4-7,10-11,15,17H,8-9H2,1-3H3,(H,16,18)/t11-/m0/s1. The Morgan fingerprint density at radius 2 is 1.82 bits per heavy atom. The van der Waals surface area contributed by atoms with E-state index in [1.54, 1.807) is 6.92 Å². The Balaban J connectivity index is 2.71. The van der Waals surface area contributed by atoms with Crippen LogP contribution in [0.25, 0.3) is 0 Å². The number of carbonyl (C=O) groups is 1. The maximum atomic E-state index is 11.8. The van der Waals surface area contributed by atoms with Crippen LogP contribution in [0.2, 0.25) is 0 Å². The third-order valence-electron chi connectivity index (χ3n) is 2.65. The van der Waals surface area contributed by atoms with Crippen LogP contribution in [0.4, 0.5) is 0 Å². The fraction of sp³-hybridized carbons (Fsp3) is 0.500. The highest BCUT2D eigenvalue weighted by Crippen LogP contribution is 2.17. The molecule has 0 unspecified atom stereocenters. The lowest BCUT2D eigenvalue weighted by Crippen LogP contribution is -2.40. The van der Waals surface area contributed by atoms with Crippen molar-refractivity contribution in [2.24, 2.45) is 0 Å². The topological polar surface area (TPSA) is 105 Å². The highest BCUT2D eigenvalue weighted by Gasteiger charge is 2.17. The lowest BCUT2D eigenvalue weighted by atomic mass is 10.3. The van der Waals surface area contributed by atoms with Crippen LogP contribution in [0.5, 0.6) is 5.75 Å². The molecule has 0 aliphatic carbocycles. The predicted molar refractivity (Wildman–Crippen MR) is 82.1 cm³/mol. The molecule has 0 aliphatic rings. The van der Waals surface area contributed by atoms with E-state index in [1.807, 2.05) is 13.8 Å². The minimum atomic E-state index is -3.64. The van der Waals surface area contributed by atoms with Crippen molar-refractivity contribution in [3.8, 4) is 5.75 Å². The van der Waals surface area contributed by atoms with Crippen molar-refractivity contribution in [1.82, 2.24) is 10.0 Å². The number of carbonyl (C=O) groups excluding carboxylic acids is 1. The van der Waals surface area contributed by atoms with Gasteiger partial charge in [-0.3, -0.25) is 4.79 Å². The molecule has 1 rings (SSSR count). The molecule has 7 nitrogen and oxygen atoms in total. The van der Waals surface area contributed by atoms with Crippen molar-refractivity contribution >= 4 is 15.9 Å². The van der Waals surface area contributed by atoms with Crippen LogP contribution in [0.3, 0.4) is 0 Å². The van der Waals surface area contributed by atoms with E-state index in [-0.39, 0.29) is 30.0 Å². The molecule has 0 fully saturated rings. The monoisotopic (exact) mass is 330 g/mol. The van der Waals surface area contributed by atoms with Gasteiger partial charge in [-0.1, -0.05) is 0 Å². The van der Waals surface area contributed by atoms with Gasteiger partial charge in [0.1, 0.15) is 5.75 Å². The fourth-order valence-corrected chi connectivity index (χ4v) is 2.64. The van der Waals surface area contributed by atoms with E-state index in [0.29, 0.717) is 5.75 Å². The third-order valence-corrected chi connectivity index (χ3v) is 4.13. The highest BCUT2D eigenvalue weighted by atomic mass is 32.2. The van der Waals surface area contributed by atoms with Gasteiger partial charge in [0.05, 0.1) is 11.5 Å². The van der Waals surface area contributed by atoms with Gasteiger partial charge in [0.15, 0.2) is 6.10 Å². The van der Waals surface area contributed by atoms with Gasteiger partial charge >= 0.3 is 0 Å². The smallest absolute Gasteiger partial charge is 0.260 e. The predicted octanol–water partition coefficient (Wildman–Crippen LogP) is 0.249. The third kappa shape index (κ3) is 5.63. The Morgan fingerprint density at radius 1 is 1.23 bits per heavy atom. The van der Waals surface area contributed by atoms with Gasteiger partial charge in [-0.25, -0.2) is 13.1 Å². The van der Waals surface area contributed by atoms with Gasteiger partial charge in [0.25, 0.3) is 5.91 Å². The van der Waals surface area contributed by atoms with Gasteiger partial charge < -0.3 is 15.2 Å². The molecule has 22 heavy (non-hydrogen) atoms. The van der Waals surface area contributed by atoms with Crippen molar-refractivity contribution in [3.63, 3.8) is 0 Å². The molecule has 1 atom stereocenters. The second-order valence-corrected chi connectivity index (χ2v) is 6.78. The van der Waals surface area contributed by atoms with E-state index < -0.39 is 16.1 Å². The van der Waals surface area contributed by atoms with Crippen LogP contribution in [0, 0.1) is 0 Å². The number of amides is 1. The fourth-order valence-electron chi connectivity index (χ4n) is 1.62. The lowest BCUT2D eigenvalue weighted by Gasteiger charge is -2.16.